The molecule has 0 bridgehead atoms. The van der Waals surface area contributed by atoms with Crippen LogP contribution >= 0.6 is 0 Å². The minimum atomic E-state index is 0.0734. The zero-order valence-electron chi connectivity index (χ0n) is 10.0. The highest BCUT2D eigenvalue weighted by atomic mass is 16.3. The van der Waals surface area contributed by atoms with Crippen LogP contribution in [0.25, 0.3) is 0 Å². The highest BCUT2D eigenvalue weighted by molar-refractivity contribution is 5.41. The number of hydrogen-bond donors (Lipinski definition) is 2. The molecule has 1 unspecified atom stereocenters. The van der Waals surface area contributed by atoms with Crippen LogP contribution in [0.4, 0.5) is 0 Å². The SMILES string of the molecule is Cc1cc(C(N)CC(C)C)c(C)cc1O. The predicted molar refractivity (Wildman–Crippen MR) is 64.0 cm³/mol. The molecule has 1 aromatic rings. The smallest absolute Gasteiger partial charge is 0.118 e. The summed E-state index contributed by atoms with van der Waals surface area (Å²) >= 11 is 0. The van der Waals surface area contributed by atoms with Gasteiger partial charge in [0.25, 0.3) is 0 Å². The van der Waals surface area contributed by atoms with Crippen molar-refractivity contribution in [2.75, 3.05) is 0 Å². The van der Waals surface area contributed by atoms with Crippen LogP contribution in [-0.2, 0) is 0 Å². The van der Waals surface area contributed by atoms with Crippen molar-refractivity contribution in [1.82, 2.24) is 0 Å². The van der Waals surface area contributed by atoms with Gasteiger partial charge in [0, 0.05) is 6.04 Å². The highest BCUT2D eigenvalue weighted by Crippen LogP contribution is 2.27. The molecular weight excluding hydrogens is 186 g/mol. The van der Waals surface area contributed by atoms with Crippen LogP contribution in [0.3, 0.4) is 0 Å². The van der Waals surface area contributed by atoms with E-state index in [-0.39, 0.29) is 6.04 Å². The molecule has 2 heteroatoms. The molecule has 3 N–H and O–H groups in total. The molecule has 1 rings (SSSR count). The largest absolute Gasteiger partial charge is 0.508 e. The third kappa shape index (κ3) is 2.96. The number of benzene rings is 1. The fourth-order valence-electron chi connectivity index (χ4n) is 1.86. The average molecular weight is 207 g/mol. The van der Waals surface area contributed by atoms with E-state index in [4.69, 9.17) is 5.73 Å². The van der Waals surface area contributed by atoms with Crippen LogP contribution in [0.2, 0.25) is 0 Å². The lowest BCUT2D eigenvalue weighted by Crippen LogP contribution is -2.14. The van der Waals surface area contributed by atoms with Gasteiger partial charge in [-0.15, -0.1) is 0 Å². The van der Waals surface area contributed by atoms with Crippen LogP contribution in [0.1, 0.15) is 43.0 Å². The van der Waals surface area contributed by atoms with Gasteiger partial charge in [0.2, 0.25) is 0 Å². The maximum absolute atomic E-state index is 9.55. The summed E-state index contributed by atoms with van der Waals surface area (Å²) < 4.78 is 0. The van der Waals surface area contributed by atoms with Gasteiger partial charge in [0.05, 0.1) is 0 Å². The number of aryl methyl sites for hydroxylation is 2. The Hall–Kier alpha value is -1.02. The summed E-state index contributed by atoms with van der Waals surface area (Å²) in [6.07, 6.45) is 0.977. The number of phenolic OH excluding ortho intramolecular Hbond substituents is 1. The number of nitrogens with two attached hydrogens (primary N) is 1. The van der Waals surface area contributed by atoms with E-state index in [1.165, 1.54) is 0 Å². The number of rotatable bonds is 3. The lowest BCUT2D eigenvalue weighted by Gasteiger charge is -2.18. The fraction of sp³-hybridized carbons (Fsp3) is 0.538. The van der Waals surface area contributed by atoms with Crippen LogP contribution < -0.4 is 5.73 Å². The van der Waals surface area contributed by atoms with Crippen LogP contribution in [0.5, 0.6) is 5.75 Å². The minimum absolute atomic E-state index is 0.0734. The monoisotopic (exact) mass is 207 g/mol. The Morgan fingerprint density at radius 2 is 1.80 bits per heavy atom. The summed E-state index contributed by atoms with van der Waals surface area (Å²) in [5, 5.41) is 9.55. The summed E-state index contributed by atoms with van der Waals surface area (Å²) in [5.74, 6) is 0.946. The summed E-state index contributed by atoms with van der Waals surface area (Å²) in [6.45, 7) is 8.24. The van der Waals surface area contributed by atoms with E-state index in [0.717, 1.165) is 23.1 Å². The zero-order chi connectivity index (χ0) is 11.6. The molecule has 1 aromatic carbocycles. The van der Waals surface area contributed by atoms with Crippen LogP contribution in [0, 0.1) is 19.8 Å². The van der Waals surface area contributed by atoms with Crippen molar-refractivity contribution in [1.29, 1.82) is 0 Å². The number of hydrogen-bond acceptors (Lipinski definition) is 2. The molecule has 1 atom stereocenters. The van der Waals surface area contributed by atoms with Gasteiger partial charge in [0.15, 0.2) is 0 Å². The number of aromatic hydroxyl groups is 1. The quantitative estimate of drug-likeness (QED) is 0.800. The Balaban J connectivity index is 2.98. The molecule has 84 valence electrons. The second kappa shape index (κ2) is 4.67. The average Bonchev–Trinajstić information content (AvgIpc) is 2.09. The maximum atomic E-state index is 9.55. The summed E-state index contributed by atoms with van der Waals surface area (Å²) in [6, 6.07) is 3.87. The zero-order valence-corrected chi connectivity index (χ0v) is 10.0. The third-order valence-electron chi connectivity index (χ3n) is 2.71. The van der Waals surface area contributed by atoms with E-state index in [9.17, 15) is 5.11 Å². The first-order valence-electron chi connectivity index (χ1n) is 5.47. The van der Waals surface area contributed by atoms with E-state index >= 15 is 0 Å². The second-order valence-corrected chi connectivity index (χ2v) is 4.73. The van der Waals surface area contributed by atoms with Crippen molar-refractivity contribution in [3.63, 3.8) is 0 Å². The van der Waals surface area contributed by atoms with Crippen molar-refractivity contribution in [2.45, 2.75) is 40.2 Å². The first kappa shape index (κ1) is 12.1. The second-order valence-electron chi connectivity index (χ2n) is 4.73. The molecular formula is C13H21NO. The molecule has 0 spiro atoms. The Morgan fingerprint density at radius 3 is 2.33 bits per heavy atom. The third-order valence-corrected chi connectivity index (χ3v) is 2.71. The first-order valence-corrected chi connectivity index (χ1v) is 5.47. The van der Waals surface area contributed by atoms with Crippen molar-refractivity contribution in [2.24, 2.45) is 11.7 Å². The van der Waals surface area contributed by atoms with E-state index < -0.39 is 0 Å². The van der Waals surface area contributed by atoms with Gasteiger partial charge in [-0.1, -0.05) is 19.9 Å². The Labute approximate surface area is 92.1 Å². The summed E-state index contributed by atoms with van der Waals surface area (Å²) in [7, 11) is 0. The Bertz CT molecular complexity index is 345. The normalized spacial score (nSPS) is 13.2. The summed E-state index contributed by atoms with van der Waals surface area (Å²) in [4.78, 5) is 0. The van der Waals surface area contributed by atoms with E-state index in [1.807, 2.05) is 19.9 Å². The van der Waals surface area contributed by atoms with Gasteiger partial charge >= 0.3 is 0 Å². The van der Waals surface area contributed by atoms with Crippen LogP contribution in [0.15, 0.2) is 12.1 Å². The van der Waals surface area contributed by atoms with Crippen molar-refractivity contribution < 1.29 is 5.11 Å². The molecule has 0 aliphatic carbocycles. The topological polar surface area (TPSA) is 46.2 Å². The lowest BCUT2D eigenvalue weighted by molar-refractivity contribution is 0.468. The van der Waals surface area contributed by atoms with Crippen molar-refractivity contribution in [3.05, 3.63) is 28.8 Å². The fourth-order valence-corrected chi connectivity index (χ4v) is 1.86. The first-order chi connectivity index (χ1) is 6.91. The van der Waals surface area contributed by atoms with Crippen LogP contribution in [-0.4, -0.2) is 5.11 Å². The molecule has 2 nitrogen and oxygen atoms in total. The molecule has 0 radical (unpaired) electrons. The van der Waals surface area contributed by atoms with Gasteiger partial charge in [-0.05, 0) is 48.9 Å². The minimum Gasteiger partial charge on any atom is -0.508 e. The van der Waals surface area contributed by atoms with Gasteiger partial charge < -0.3 is 10.8 Å². The van der Waals surface area contributed by atoms with Gasteiger partial charge in [-0.3, -0.25) is 0 Å². The van der Waals surface area contributed by atoms with E-state index in [0.29, 0.717) is 11.7 Å². The molecule has 0 aliphatic heterocycles. The molecule has 0 heterocycles. The Morgan fingerprint density at radius 1 is 1.20 bits per heavy atom. The molecule has 0 amide bonds. The summed E-state index contributed by atoms with van der Waals surface area (Å²) in [5.41, 5.74) is 9.26. The van der Waals surface area contributed by atoms with Gasteiger partial charge in [-0.25, -0.2) is 0 Å². The Kier molecular flexibility index (Phi) is 3.75. The molecule has 15 heavy (non-hydrogen) atoms. The van der Waals surface area contributed by atoms with E-state index in [2.05, 4.69) is 13.8 Å². The number of phenols is 1. The molecule has 0 saturated heterocycles. The van der Waals surface area contributed by atoms with Crippen molar-refractivity contribution >= 4 is 0 Å². The maximum Gasteiger partial charge on any atom is 0.118 e. The lowest BCUT2D eigenvalue weighted by atomic mass is 9.93. The van der Waals surface area contributed by atoms with Gasteiger partial charge in [-0.2, -0.15) is 0 Å². The standard InChI is InChI=1S/C13H21NO/c1-8(2)5-12(14)11-6-10(4)13(15)7-9(11)3/h6-8,12,15H,5,14H2,1-4H3. The van der Waals surface area contributed by atoms with E-state index in [1.54, 1.807) is 6.07 Å². The molecule has 0 fully saturated rings. The van der Waals surface area contributed by atoms with Crippen molar-refractivity contribution in [3.8, 4) is 5.75 Å². The molecule has 0 saturated carbocycles. The highest BCUT2D eigenvalue weighted by Gasteiger charge is 2.12. The molecule has 0 aliphatic rings. The predicted octanol–water partition coefficient (Wildman–Crippen LogP) is 3.05. The molecule has 0 aromatic heterocycles. The van der Waals surface area contributed by atoms with Gasteiger partial charge in [0.1, 0.15) is 5.75 Å².